The minimum atomic E-state index is -0.528. The Morgan fingerprint density at radius 3 is 2.54 bits per heavy atom. The molecule has 10 heteroatoms. The number of thioether (sulfide) groups is 1. The normalized spacial score (nSPS) is 12.5. The van der Waals surface area contributed by atoms with E-state index in [1.807, 2.05) is 22.6 Å². The molecule has 1 atom stereocenters. The molecule has 4 aromatic rings. The molecule has 1 aromatic carbocycles. The summed E-state index contributed by atoms with van der Waals surface area (Å²) in [5, 5.41) is 9.26. The Labute approximate surface area is 206 Å². The lowest BCUT2D eigenvalue weighted by atomic mass is 10.1. The first-order valence-corrected chi connectivity index (χ1v) is 12.4. The lowest BCUT2D eigenvalue weighted by molar-refractivity contribution is 0.0599. The maximum atomic E-state index is 13.3. The number of fused-ring (bicyclic) bond motifs is 3. The van der Waals surface area contributed by atoms with E-state index in [-0.39, 0.29) is 11.3 Å². The molecule has 0 amide bonds. The van der Waals surface area contributed by atoms with Crippen molar-refractivity contribution in [3.63, 3.8) is 0 Å². The van der Waals surface area contributed by atoms with Gasteiger partial charge in [-0.25, -0.2) is 4.79 Å². The molecule has 1 unspecified atom stereocenters. The van der Waals surface area contributed by atoms with Crippen LogP contribution in [0, 0.1) is 19.8 Å². The highest BCUT2D eigenvalue weighted by molar-refractivity contribution is 8.00. The van der Waals surface area contributed by atoms with Crippen molar-refractivity contribution in [3.05, 3.63) is 57.1 Å². The van der Waals surface area contributed by atoms with Crippen molar-refractivity contribution in [2.45, 2.75) is 58.0 Å². The molecule has 0 aliphatic carbocycles. The van der Waals surface area contributed by atoms with Gasteiger partial charge in [-0.3, -0.25) is 18.6 Å². The maximum absolute atomic E-state index is 13.3. The lowest BCUT2D eigenvalue weighted by Gasteiger charge is -2.13. The summed E-state index contributed by atoms with van der Waals surface area (Å²) in [7, 11) is 1.32. The van der Waals surface area contributed by atoms with Gasteiger partial charge in [0.05, 0.1) is 34.5 Å². The van der Waals surface area contributed by atoms with E-state index in [2.05, 4.69) is 29.0 Å². The number of carbonyl (C=O) groups is 2. The van der Waals surface area contributed by atoms with Gasteiger partial charge in [0.15, 0.2) is 10.9 Å². The molecule has 0 aliphatic rings. The van der Waals surface area contributed by atoms with E-state index >= 15 is 0 Å². The van der Waals surface area contributed by atoms with Gasteiger partial charge in [0.25, 0.3) is 5.56 Å². The number of esters is 1. The molecular formula is C25H29N5O4S. The highest BCUT2D eigenvalue weighted by Gasteiger charge is 2.27. The zero-order chi connectivity index (χ0) is 25.4. The van der Waals surface area contributed by atoms with Gasteiger partial charge >= 0.3 is 5.97 Å². The molecule has 0 radical (unpaired) electrons. The third-order valence-electron chi connectivity index (χ3n) is 6.13. The number of rotatable bonds is 8. The van der Waals surface area contributed by atoms with Crippen LogP contribution in [0.25, 0.3) is 16.7 Å². The number of nitrogens with one attached hydrogen (secondary N) is 1. The molecule has 0 spiro atoms. The minimum absolute atomic E-state index is 0.102. The van der Waals surface area contributed by atoms with Crippen LogP contribution in [0.2, 0.25) is 0 Å². The quantitative estimate of drug-likeness (QED) is 0.222. The van der Waals surface area contributed by atoms with Crippen LogP contribution in [0.5, 0.6) is 0 Å². The van der Waals surface area contributed by atoms with Gasteiger partial charge in [0.1, 0.15) is 0 Å². The number of hydrogen-bond acceptors (Lipinski definition) is 7. The van der Waals surface area contributed by atoms with Crippen LogP contribution in [0.15, 0.2) is 34.2 Å². The molecular weight excluding hydrogens is 466 g/mol. The molecule has 0 saturated carbocycles. The highest BCUT2D eigenvalue weighted by Crippen LogP contribution is 2.29. The topological polar surface area (TPSA) is 111 Å². The fourth-order valence-corrected chi connectivity index (χ4v) is 5.13. The summed E-state index contributed by atoms with van der Waals surface area (Å²) in [6, 6.07) is 7.35. The van der Waals surface area contributed by atoms with Crippen LogP contribution < -0.4 is 5.56 Å². The zero-order valence-electron chi connectivity index (χ0n) is 20.7. The van der Waals surface area contributed by atoms with Gasteiger partial charge in [-0.05, 0) is 50.8 Å². The Kier molecular flexibility index (Phi) is 6.84. The van der Waals surface area contributed by atoms with Gasteiger partial charge < -0.3 is 9.72 Å². The van der Waals surface area contributed by atoms with Crippen LogP contribution in [0.4, 0.5) is 0 Å². The number of para-hydroxylation sites is 1. The molecule has 0 saturated heterocycles. The van der Waals surface area contributed by atoms with E-state index in [0.717, 1.165) is 6.42 Å². The van der Waals surface area contributed by atoms with E-state index in [0.29, 0.717) is 56.8 Å². The summed E-state index contributed by atoms with van der Waals surface area (Å²) in [6.07, 6.45) is 0.826. The summed E-state index contributed by atoms with van der Waals surface area (Å²) in [4.78, 5) is 41.7. The summed E-state index contributed by atoms with van der Waals surface area (Å²) in [6.45, 7) is 10.0. The molecule has 35 heavy (non-hydrogen) atoms. The van der Waals surface area contributed by atoms with Crippen molar-refractivity contribution in [2.75, 3.05) is 7.11 Å². The van der Waals surface area contributed by atoms with Crippen molar-refractivity contribution >= 4 is 40.2 Å². The van der Waals surface area contributed by atoms with Gasteiger partial charge in [0.2, 0.25) is 5.78 Å². The Hall–Kier alpha value is -3.40. The van der Waals surface area contributed by atoms with Crippen LogP contribution >= 0.6 is 11.8 Å². The molecule has 3 aromatic heterocycles. The summed E-state index contributed by atoms with van der Waals surface area (Å²) >= 11 is 1.26. The molecule has 0 aliphatic heterocycles. The monoisotopic (exact) mass is 495 g/mol. The molecule has 0 fully saturated rings. The number of aromatic nitrogens is 5. The average molecular weight is 496 g/mol. The van der Waals surface area contributed by atoms with E-state index in [9.17, 15) is 14.4 Å². The molecule has 1 N–H and O–H groups in total. The largest absolute Gasteiger partial charge is 0.465 e. The number of aromatic amines is 1. The van der Waals surface area contributed by atoms with Gasteiger partial charge in [-0.2, -0.15) is 0 Å². The molecule has 184 valence electrons. The molecule has 3 heterocycles. The van der Waals surface area contributed by atoms with Crippen molar-refractivity contribution in [3.8, 4) is 0 Å². The van der Waals surface area contributed by atoms with E-state index in [1.165, 1.54) is 18.9 Å². The Bertz CT molecular complexity index is 1500. The van der Waals surface area contributed by atoms with E-state index in [4.69, 9.17) is 4.74 Å². The zero-order valence-corrected chi connectivity index (χ0v) is 21.5. The van der Waals surface area contributed by atoms with Gasteiger partial charge in [-0.1, -0.05) is 37.7 Å². The lowest BCUT2D eigenvalue weighted by Crippen LogP contribution is -2.24. The highest BCUT2D eigenvalue weighted by atomic mass is 32.2. The van der Waals surface area contributed by atoms with E-state index < -0.39 is 11.2 Å². The number of aryl methyl sites for hydroxylation is 2. The summed E-state index contributed by atoms with van der Waals surface area (Å²) in [5.41, 5.74) is 2.49. The number of Topliss-reactive ketones (excluding diaryl/α,β-unsaturated/α-hetero) is 1. The number of H-pyrrole nitrogens is 1. The standard InChI is InChI=1S/C25H29N5O4S/c1-13(2)11-12-29-22(32)17-9-7-8-10-18(17)30-24(29)27-28-25(30)35-16(5)21(31)20-14(3)19(15(4)26-20)23(33)34-6/h7-10,13,16,26H,11-12H2,1-6H3. The Balaban J connectivity index is 1.76. The minimum Gasteiger partial charge on any atom is -0.465 e. The fraction of sp³-hybridized carbons (Fsp3) is 0.400. The second-order valence-corrected chi connectivity index (χ2v) is 10.3. The number of ether oxygens (including phenoxy) is 1. The predicted molar refractivity (Wildman–Crippen MR) is 135 cm³/mol. The van der Waals surface area contributed by atoms with Crippen LogP contribution in [0.1, 0.15) is 59.3 Å². The van der Waals surface area contributed by atoms with Crippen molar-refractivity contribution in [1.29, 1.82) is 0 Å². The second-order valence-electron chi connectivity index (χ2n) is 9.02. The number of hydrogen-bond donors (Lipinski definition) is 1. The first-order chi connectivity index (χ1) is 16.6. The third kappa shape index (κ3) is 4.38. The Morgan fingerprint density at radius 2 is 1.86 bits per heavy atom. The van der Waals surface area contributed by atoms with Crippen LogP contribution in [-0.2, 0) is 11.3 Å². The van der Waals surface area contributed by atoms with Gasteiger partial charge in [0, 0.05) is 12.2 Å². The second kappa shape index (κ2) is 9.69. The van der Waals surface area contributed by atoms with Crippen molar-refractivity contribution in [2.24, 2.45) is 5.92 Å². The summed E-state index contributed by atoms with van der Waals surface area (Å²) in [5.74, 6) is 0.228. The molecule has 4 rings (SSSR count). The maximum Gasteiger partial charge on any atom is 0.339 e. The van der Waals surface area contributed by atoms with Gasteiger partial charge in [-0.15, -0.1) is 10.2 Å². The number of methoxy groups -OCH3 is 1. The van der Waals surface area contributed by atoms with Crippen LogP contribution in [-0.4, -0.2) is 48.3 Å². The first kappa shape index (κ1) is 24.7. The number of benzene rings is 1. The number of ketones is 1. The predicted octanol–water partition coefficient (Wildman–Crippen LogP) is 4.19. The Morgan fingerprint density at radius 1 is 1.14 bits per heavy atom. The molecule has 0 bridgehead atoms. The SMILES string of the molecule is COC(=O)c1c(C)[nH]c(C(=O)C(C)Sc2nnc3n(CCC(C)C)c(=O)c4ccccc4n23)c1C. The number of nitrogens with zero attached hydrogens (tertiary/aromatic N) is 4. The van der Waals surface area contributed by atoms with Crippen molar-refractivity contribution < 1.29 is 14.3 Å². The summed E-state index contributed by atoms with van der Waals surface area (Å²) < 4.78 is 8.36. The fourth-order valence-electron chi connectivity index (χ4n) is 4.22. The van der Waals surface area contributed by atoms with Crippen molar-refractivity contribution in [1.82, 2.24) is 24.1 Å². The van der Waals surface area contributed by atoms with Crippen LogP contribution in [0.3, 0.4) is 0 Å². The average Bonchev–Trinajstić information content (AvgIpc) is 3.38. The number of carbonyl (C=O) groups excluding carboxylic acids is 2. The third-order valence-corrected chi connectivity index (χ3v) is 7.18. The van der Waals surface area contributed by atoms with E-state index in [1.54, 1.807) is 31.4 Å². The molecule has 9 nitrogen and oxygen atoms in total. The first-order valence-electron chi connectivity index (χ1n) is 11.5. The smallest absolute Gasteiger partial charge is 0.339 e.